The largest absolute Gasteiger partial charge is 0.338 e. The van der Waals surface area contributed by atoms with Crippen molar-refractivity contribution < 1.29 is 8.42 Å². The minimum absolute atomic E-state index is 0.208. The van der Waals surface area contributed by atoms with Crippen molar-refractivity contribution >= 4 is 26.9 Å². The number of hydrogen-bond acceptors (Lipinski definition) is 4. The molecular weight excluding hydrogens is 264 g/mol. The number of H-pyrrole nitrogens is 1. The molecule has 0 saturated carbocycles. The molecule has 0 radical (unpaired) electrons. The van der Waals surface area contributed by atoms with Crippen molar-refractivity contribution in [1.29, 1.82) is 0 Å². The first-order chi connectivity index (χ1) is 9.15. The third-order valence-electron chi connectivity index (χ3n) is 2.59. The SMILES string of the molecule is O=S(=O)(Nc1cc2ncncc2[nH]1)c1ccccc1. The molecule has 0 atom stereocenters. The quantitative estimate of drug-likeness (QED) is 0.761. The number of nitrogens with one attached hydrogen (secondary N) is 2. The molecule has 0 unspecified atom stereocenters. The Morgan fingerprint density at radius 2 is 1.95 bits per heavy atom. The molecule has 0 amide bonds. The highest BCUT2D eigenvalue weighted by Gasteiger charge is 2.14. The summed E-state index contributed by atoms with van der Waals surface area (Å²) in [5.41, 5.74) is 1.33. The Hall–Kier alpha value is -2.41. The van der Waals surface area contributed by atoms with Gasteiger partial charge >= 0.3 is 0 Å². The second-order valence-corrected chi connectivity index (χ2v) is 5.61. The highest BCUT2D eigenvalue weighted by Crippen LogP contribution is 2.18. The highest BCUT2D eigenvalue weighted by molar-refractivity contribution is 7.92. The molecule has 19 heavy (non-hydrogen) atoms. The fourth-order valence-corrected chi connectivity index (χ4v) is 2.76. The van der Waals surface area contributed by atoms with Crippen LogP contribution in [0.15, 0.2) is 53.8 Å². The number of rotatable bonds is 3. The monoisotopic (exact) mass is 274 g/mol. The van der Waals surface area contributed by atoms with E-state index in [1.54, 1.807) is 30.5 Å². The van der Waals surface area contributed by atoms with E-state index in [1.807, 2.05) is 0 Å². The number of anilines is 1. The summed E-state index contributed by atoms with van der Waals surface area (Å²) in [4.78, 5) is 11.0. The molecule has 96 valence electrons. The number of hydrogen-bond donors (Lipinski definition) is 2. The highest BCUT2D eigenvalue weighted by atomic mass is 32.2. The fourth-order valence-electron chi connectivity index (χ4n) is 1.73. The van der Waals surface area contributed by atoms with Crippen molar-refractivity contribution in [3.63, 3.8) is 0 Å². The van der Waals surface area contributed by atoms with Gasteiger partial charge in [0.25, 0.3) is 10.0 Å². The zero-order valence-electron chi connectivity index (χ0n) is 9.74. The maximum Gasteiger partial charge on any atom is 0.262 e. The Bertz CT molecular complexity index is 779. The van der Waals surface area contributed by atoms with E-state index in [-0.39, 0.29) is 4.90 Å². The smallest absolute Gasteiger partial charge is 0.262 e. The third-order valence-corrected chi connectivity index (χ3v) is 3.97. The van der Waals surface area contributed by atoms with Crippen LogP contribution in [0, 0.1) is 0 Å². The van der Waals surface area contributed by atoms with Gasteiger partial charge in [0, 0.05) is 6.07 Å². The minimum atomic E-state index is -3.59. The van der Waals surface area contributed by atoms with Gasteiger partial charge in [-0.15, -0.1) is 0 Å². The van der Waals surface area contributed by atoms with E-state index in [2.05, 4.69) is 19.7 Å². The van der Waals surface area contributed by atoms with Crippen LogP contribution < -0.4 is 4.72 Å². The van der Waals surface area contributed by atoms with Crippen molar-refractivity contribution in [2.24, 2.45) is 0 Å². The lowest BCUT2D eigenvalue weighted by Gasteiger charge is -2.05. The van der Waals surface area contributed by atoms with Crippen molar-refractivity contribution in [2.45, 2.75) is 4.90 Å². The molecular formula is C12H10N4O2S. The summed E-state index contributed by atoms with van der Waals surface area (Å²) >= 11 is 0. The molecule has 0 aliphatic rings. The number of aromatic amines is 1. The Labute approximate surface area is 109 Å². The van der Waals surface area contributed by atoms with Crippen LogP contribution in [0.25, 0.3) is 11.0 Å². The van der Waals surface area contributed by atoms with Gasteiger partial charge in [0.2, 0.25) is 0 Å². The number of nitrogens with zero attached hydrogens (tertiary/aromatic N) is 2. The first kappa shape index (κ1) is 11.7. The fraction of sp³-hybridized carbons (Fsp3) is 0. The topological polar surface area (TPSA) is 87.7 Å². The molecule has 0 saturated heterocycles. The van der Waals surface area contributed by atoms with Crippen LogP contribution in [0.5, 0.6) is 0 Å². The van der Waals surface area contributed by atoms with E-state index in [4.69, 9.17) is 0 Å². The van der Waals surface area contributed by atoms with Gasteiger partial charge in [-0.2, -0.15) is 0 Å². The van der Waals surface area contributed by atoms with E-state index in [9.17, 15) is 8.42 Å². The normalized spacial score (nSPS) is 11.6. The van der Waals surface area contributed by atoms with Gasteiger partial charge in [-0.3, -0.25) is 4.72 Å². The molecule has 0 aliphatic heterocycles. The van der Waals surface area contributed by atoms with Gasteiger partial charge in [0.15, 0.2) is 0 Å². The van der Waals surface area contributed by atoms with E-state index in [1.165, 1.54) is 18.5 Å². The molecule has 6 nitrogen and oxygen atoms in total. The Morgan fingerprint density at radius 3 is 2.68 bits per heavy atom. The average Bonchev–Trinajstić information content (AvgIpc) is 2.81. The Morgan fingerprint density at radius 1 is 1.16 bits per heavy atom. The second kappa shape index (κ2) is 4.36. The molecule has 0 fully saturated rings. The lowest BCUT2D eigenvalue weighted by Crippen LogP contribution is -2.12. The Kier molecular flexibility index (Phi) is 2.68. The molecule has 3 aromatic rings. The van der Waals surface area contributed by atoms with Crippen LogP contribution in [0.1, 0.15) is 0 Å². The molecule has 2 heterocycles. The average molecular weight is 274 g/mol. The summed E-state index contributed by atoms with van der Waals surface area (Å²) in [5.74, 6) is 0.361. The summed E-state index contributed by atoms with van der Waals surface area (Å²) in [6, 6.07) is 9.79. The van der Waals surface area contributed by atoms with Gasteiger partial charge in [-0.05, 0) is 12.1 Å². The molecule has 0 bridgehead atoms. The molecule has 1 aromatic carbocycles. The number of sulfonamides is 1. The number of aromatic nitrogens is 3. The van der Waals surface area contributed by atoms with Crippen LogP contribution in [0.3, 0.4) is 0 Å². The molecule has 0 spiro atoms. The van der Waals surface area contributed by atoms with Crippen molar-refractivity contribution in [1.82, 2.24) is 15.0 Å². The summed E-state index contributed by atoms with van der Waals surface area (Å²) < 4.78 is 26.7. The van der Waals surface area contributed by atoms with E-state index < -0.39 is 10.0 Å². The summed E-state index contributed by atoms with van der Waals surface area (Å²) in [6.45, 7) is 0. The van der Waals surface area contributed by atoms with Crippen molar-refractivity contribution in [3.8, 4) is 0 Å². The third kappa shape index (κ3) is 2.27. The van der Waals surface area contributed by atoms with Crippen molar-refractivity contribution in [2.75, 3.05) is 4.72 Å². The summed E-state index contributed by atoms with van der Waals surface area (Å²) in [5, 5.41) is 0. The van der Waals surface area contributed by atoms with Gasteiger partial charge in [-0.25, -0.2) is 18.4 Å². The molecule has 7 heteroatoms. The first-order valence-electron chi connectivity index (χ1n) is 5.52. The molecule has 3 rings (SSSR count). The summed E-state index contributed by atoms with van der Waals surface area (Å²) in [6.07, 6.45) is 2.99. The van der Waals surface area contributed by atoms with Crippen LogP contribution >= 0.6 is 0 Å². The standard InChI is InChI=1S/C12H10N4O2S/c17-19(18,9-4-2-1-3-5-9)16-12-6-10-11(15-12)7-13-8-14-10/h1-8,15-16H. The van der Waals surface area contributed by atoms with Crippen LogP contribution in [0.4, 0.5) is 5.82 Å². The zero-order valence-corrected chi connectivity index (χ0v) is 10.6. The lowest BCUT2D eigenvalue weighted by molar-refractivity contribution is 0.601. The second-order valence-electron chi connectivity index (χ2n) is 3.92. The van der Waals surface area contributed by atoms with Crippen LogP contribution in [0.2, 0.25) is 0 Å². The molecule has 2 N–H and O–H groups in total. The molecule has 0 aliphatic carbocycles. The zero-order chi connectivity index (χ0) is 13.3. The summed E-state index contributed by atoms with van der Waals surface area (Å²) in [7, 11) is -3.59. The maximum atomic E-state index is 12.1. The van der Waals surface area contributed by atoms with E-state index in [0.717, 1.165) is 0 Å². The number of fused-ring (bicyclic) bond motifs is 1. The van der Waals surface area contributed by atoms with Crippen LogP contribution in [-0.4, -0.2) is 23.4 Å². The lowest BCUT2D eigenvalue weighted by atomic mass is 10.4. The van der Waals surface area contributed by atoms with Gasteiger partial charge in [0.1, 0.15) is 12.1 Å². The number of benzene rings is 1. The van der Waals surface area contributed by atoms with Gasteiger partial charge in [0.05, 0.1) is 22.1 Å². The predicted molar refractivity (Wildman–Crippen MR) is 71.1 cm³/mol. The van der Waals surface area contributed by atoms with Crippen molar-refractivity contribution in [3.05, 3.63) is 48.9 Å². The van der Waals surface area contributed by atoms with Crippen LogP contribution in [-0.2, 0) is 10.0 Å². The van der Waals surface area contributed by atoms with Gasteiger partial charge < -0.3 is 4.98 Å². The minimum Gasteiger partial charge on any atom is -0.338 e. The van der Waals surface area contributed by atoms with E-state index in [0.29, 0.717) is 16.9 Å². The predicted octanol–water partition coefficient (Wildman–Crippen LogP) is 1.76. The first-order valence-corrected chi connectivity index (χ1v) is 7.00. The van der Waals surface area contributed by atoms with Gasteiger partial charge in [-0.1, -0.05) is 18.2 Å². The Balaban J connectivity index is 1.97. The molecule has 2 aromatic heterocycles. The van der Waals surface area contributed by atoms with E-state index >= 15 is 0 Å². The maximum absolute atomic E-state index is 12.1.